The maximum atomic E-state index is 13.5. The zero-order valence-electron chi connectivity index (χ0n) is 18.5. The monoisotopic (exact) mass is 399 g/mol. The molecular formula is C24H37N3O2. The van der Waals surface area contributed by atoms with Crippen molar-refractivity contribution in [3.05, 3.63) is 35.7 Å². The van der Waals surface area contributed by atoms with Gasteiger partial charge in [0, 0.05) is 30.3 Å². The highest BCUT2D eigenvalue weighted by atomic mass is 16.5. The average molecular weight is 400 g/mol. The van der Waals surface area contributed by atoms with Gasteiger partial charge in [-0.25, -0.2) is 4.98 Å². The average Bonchev–Trinajstić information content (AvgIpc) is 2.72. The molecule has 5 heteroatoms. The largest absolute Gasteiger partial charge is 0.493 e. The number of amides is 1. The Labute approximate surface area is 176 Å². The van der Waals surface area contributed by atoms with Crippen molar-refractivity contribution in [3.8, 4) is 5.75 Å². The Morgan fingerprint density at radius 2 is 2.24 bits per heavy atom. The van der Waals surface area contributed by atoms with Gasteiger partial charge >= 0.3 is 0 Å². The molecule has 1 aromatic heterocycles. The molecule has 2 heterocycles. The number of carbonyl (C=O) groups excluding carboxylic acids is 1. The zero-order valence-corrected chi connectivity index (χ0v) is 18.5. The van der Waals surface area contributed by atoms with Gasteiger partial charge in [0.15, 0.2) is 0 Å². The van der Waals surface area contributed by atoms with Crippen LogP contribution in [-0.4, -0.2) is 47.6 Å². The Balaban J connectivity index is 2.38. The predicted octanol–water partition coefficient (Wildman–Crippen LogP) is 4.93. The van der Waals surface area contributed by atoms with Crippen molar-refractivity contribution in [1.82, 2.24) is 15.2 Å². The molecule has 0 saturated carbocycles. The molecule has 0 aromatic carbocycles. The Kier molecular flexibility index (Phi) is 9.39. The van der Waals surface area contributed by atoms with Crippen LogP contribution in [0.4, 0.5) is 0 Å². The third-order valence-corrected chi connectivity index (χ3v) is 5.26. The fourth-order valence-electron chi connectivity index (χ4n) is 3.83. The van der Waals surface area contributed by atoms with Crippen LogP contribution in [0.3, 0.4) is 0 Å². The number of unbranched alkanes of at least 4 members (excludes halogenated alkanes) is 2. The van der Waals surface area contributed by atoms with Crippen molar-refractivity contribution in [3.63, 3.8) is 0 Å². The highest BCUT2D eigenvalue weighted by Gasteiger charge is 2.30. The summed E-state index contributed by atoms with van der Waals surface area (Å²) in [7, 11) is 0. The highest BCUT2D eigenvalue weighted by molar-refractivity contribution is 5.94. The van der Waals surface area contributed by atoms with Gasteiger partial charge in [0.05, 0.1) is 12.3 Å². The van der Waals surface area contributed by atoms with E-state index < -0.39 is 0 Å². The second-order valence-corrected chi connectivity index (χ2v) is 7.87. The number of rotatable bonds is 10. The Hall–Kier alpha value is -2.14. The minimum atomic E-state index is -0.0396. The van der Waals surface area contributed by atoms with Crippen LogP contribution < -0.4 is 10.1 Å². The van der Waals surface area contributed by atoms with Crippen LogP contribution in [0.2, 0.25) is 0 Å². The summed E-state index contributed by atoms with van der Waals surface area (Å²) in [5.41, 5.74) is 1.99. The zero-order chi connectivity index (χ0) is 21.2. The van der Waals surface area contributed by atoms with E-state index in [4.69, 9.17) is 4.74 Å². The second kappa shape index (κ2) is 11.8. The van der Waals surface area contributed by atoms with Crippen molar-refractivity contribution in [1.29, 1.82) is 0 Å². The van der Waals surface area contributed by atoms with E-state index in [1.54, 1.807) is 6.08 Å². The molecule has 0 spiro atoms. The van der Waals surface area contributed by atoms with Crippen LogP contribution in [0, 0.1) is 0 Å². The van der Waals surface area contributed by atoms with Gasteiger partial charge < -0.3 is 15.0 Å². The van der Waals surface area contributed by atoms with Gasteiger partial charge in [-0.2, -0.15) is 0 Å². The molecule has 1 N–H and O–H groups in total. The Morgan fingerprint density at radius 1 is 1.45 bits per heavy atom. The summed E-state index contributed by atoms with van der Waals surface area (Å²) >= 11 is 0. The van der Waals surface area contributed by atoms with Crippen LogP contribution in [0.15, 0.2) is 18.7 Å². The quantitative estimate of drug-likeness (QED) is 0.567. The molecule has 0 unspecified atom stereocenters. The molecule has 2 rings (SSSR count). The second-order valence-electron chi connectivity index (χ2n) is 7.87. The molecule has 29 heavy (non-hydrogen) atoms. The lowest BCUT2D eigenvalue weighted by Gasteiger charge is -2.37. The van der Waals surface area contributed by atoms with Gasteiger partial charge in [-0.1, -0.05) is 38.5 Å². The summed E-state index contributed by atoms with van der Waals surface area (Å²) in [6, 6.07) is 2.10. The van der Waals surface area contributed by atoms with Gasteiger partial charge in [-0.3, -0.25) is 4.79 Å². The Morgan fingerprint density at radius 3 is 2.83 bits per heavy atom. The third kappa shape index (κ3) is 6.17. The van der Waals surface area contributed by atoms with Gasteiger partial charge in [0.25, 0.3) is 5.91 Å². The fourth-order valence-corrected chi connectivity index (χ4v) is 3.83. The number of carbonyl (C=O) groups is 1. The molecule has 1 aliphatic rings. The normalized spacial score (nSPS) is 16.9. The molecule has 1 atom stereocenters. The van der Waals surface area contributed by atoms with Crippen molar-refractivity contribution in [2.24, 2.45) is 0 Å². The third-order valence-electron chi connectivity index (χ3n) is 5.26. The minimum Gasteiger partial charge on any atom is -0.493 e. The summed E-state index contributed by atoms with van der Waals surface area (Å²) in [6.07, 6.45) is 11.0. The van der Waals surface area contributed by atoms with Crippen LogP contribution in [0.25, 0.3) is 12.2 Å². The molecule has 5 nitrogen and oxygen atoms in total. The van der Waals surface area contributed by atoms with Crippen molar-refractivity contribution >= 4 is 18.1 Å². The SMILES string of the molecule is C=Cc1nc(C(=O)N(C(C)C)[C@@H]2CCCNC2)cc(OCCCCC)c1/C=C\C. The molecule has 1 amide bonds. The smallest absolute Gasteiger partial charge is 0.273 e. The molecule has 1 aliphatic heterocycles. The first-order chi connectivity index (χ1) is 14.0. The molecule has 1 saturated heterocycles. The lowest BCUT2D eigenvalue weighted by molar-refractivity contribution is 0.0566. The fraction of sp³-hybridized carbons (Fsp3) is 0.583. The number of pyridine rings is 1. The number of ether oxygens (including phenoxy) is 1. The summed E-state index contributed by atoms with van der Waals surface area (Å²) in [5.74, 6) is 0.667. The lowest BCUT2D eigenvalue weighted by Crippen LogP contribution is -2.51. The van der Waals surface area contributed by atoms with E-state index in [1.165, 1.54) is 0 Å². The van der Waals surface area contributed by atoms with Crippen molar-refractivity contribution in [2.45, 2.75) is 71.9 Å². The van der Waals surface area contributed by atoms with E-state index in [1.807, 2.05) is 30.0 Å². The van der Waals surface area contributed by atoms with E-state index in [2.05, 4.69) is 37.7 Å². The van der Waals surface area contributed by atoms with Gasteiger partial charge in [-0.05, 0) is 52.7 Å². The van der Waals surface area contributed by atoms with E-state index in [0.29, 0.717) is 23.7 Å². The van der Waals surface area contributed by atoms with E-state index in [9.17, 15) is 4.79 Å². The van der Waals surface area contributed by atoms with E-state index >= 15 is 0 Å². The van der Waals surface area contributed by atoms with Gasteiger partial charge in [0.2, 0.25) is 0 Å². The summed E-state index contributed by atoms with van der Waals surface area (Å²) in [5, 5.41) is 3.41. The van der Waals surface area contributed by atoms with Crippen molar-refractivity contribution < 1.29 is 9.53 Å². The number of nitrogens with one attached hydrogen (secondary N) is 1. The first-order valence-electron chi connectivity index (χ1n) is 11.0. The maximum Gasteiger partial charge on any atom is 0.273 e. The van der Waals surface area contributed by atoms with E-state index in [-0.39, 0.29) is 18.0 Å². The number of piperidine rings is 1. The topological polar surface area (TPSA) is 54.5 Å². The van der Waals surface area contributed by atoms with Crippen molar-refractivity contribution in [2.75, 3.05) is 19.7 Å². The van der Waals surface area contributed by atoms with Gasteiger partial charge in [-0.15, -0.1) is 0 Å². The minimum absolute atomic E-state index is 0.0396. The predicted molar refractivity (Wildman–Crippen MR) is 121 cm³/mol. The number of hydrogen-bond donors (Lipinski definition) is 1. The maximum absolute atomic E-state index is 13.5. The first kappa shape index (κ1) is 23.1. The molecule has 160 valence electrons. The number of allylic oxidation sites excluding steroid dienone is 1. The Bertz CT molecular complexity index is 706. The highest BCUT2D eigenvalue weighted by Crippen LogP contribution is 2.27. The molecule has 1 aromatic rings. The summed E-state index contributed by atoms with van der Waals surface area (Å²) < 4.78 is 6.09. The van der Waals surface area contributed by atoms with Crippen LogP contribution in [0.5, 0.6) is 5.75 Å². The molecule has 1 fully saturated rings. The summed E-state index contributed by atoms with van der Waals surface area (Å²) in [6.45, 7) is 14.7. The van der Waals surface area contributed by atoms with Crippen LogP contribution >= 0.6 is 0 Å². The first-order valence-corrected chi connectivity index (χ1v) is 11.0. The van der Waals surface area contributed by atoms with Gasteiger partial charge in [0.1, 0.15) is 11.4 Å². The van der Waals surface area contributed by atoms with E-state index in [0.717, 1.165) is 50.8 Å². The number of aromatic nitrogens is 1. The van der Waals surface area contributed by atoms with Crippen LogP contribution in [0.1, 0.15) is 81.5 Å². The summed E-state index contributed by atoms with van der Waals surface area (Å²) in [4.78, 5) is 20.1. The lowest BCUT2D eigenvalue weighted by atomic mass is 10.0. The number of nitrogens with zero attached hydrogens (tertiary/aromatic N) is 2. The molecule has 0 radical (unpaired) electrons. The molecule has 0 aliphatic carbocycles. The molecule has 0 bridgehead atoms. The standard InChI is InChI=1S/C24H37N3O2/c1-6-9-10-15-29-23-16-22(26-21(8-3)20(23)12-7-2)24(28)27(18(4)5)19-13-11-14-25-17-19/h7-8,12,16,18-19,25H,3,6,9-11,13-15,17H2,1-2,4-5H3/b12-7-/t19-/m1/s1. The molecular weight excluding hydrogens is 362 g/mol. The van der Waals surface area contributed by atoms with Crippen LogP contribution in [-0.2, 0) is 0 Å². The number of hydrogen-bond acceptors (Lipinski definition) is 4.